The number of carboxylic acid groups (broad SMARTS) is 1. The molecule has 1 heterocycles. The van der Waals surface area contributed by atoms with E-state index in [0.717, 1.165) is 6.42 Å². The summed E-state index contributed by atoms with van der Waals surface area (Å²) in [5, 5.41) is 15.2. The SMILES string of the molecule is Cc1cc(C(=O)NC[C@H](CC(=O)O)CC(C)C)on1. The Morgan fingerprint density at radius 1 is 1.47 bits per heavy atom. The largest absolute Gasteiger partial charge is 0.481 e. The van der Waals surface area contributed by atoms with Crippen LogP contribution >= 0.6 is 0 Å². The molecule has 1 rings (SSSR count). The van der Waals surface area contributed by atoms with Gasteiger partial charge in [0.25, 0.3) is 5.91 Å². The maximum atomic E-state index is 11.7. The summed E-state index contributed by atoms with van der Waals surface area (Å²) >= 11 is 0. The van der Waals surface area contributed by atoms with Crippen LogP contribution in [0.15, 0.2) is 10.6 Å². The first-order valence-corrected chi connectivity index (χ1v) is 6.31. The third-order valence-electron chi connectivity index (χ3n) is 2.67. The lowest BCUT2D eigenvalue weighted by Crippen LogP contribution is -2.30. The molecule has 6 nitrogen and oxygen atoms in total. The molecule has 106 valence electrons. The molecule has 0 spiro atoms. The first-order chi connectivity index (χ1) is 8.88. The highest BCUT2D eigenvalue weighted by Gasteiger charge is 2.18. The van der Waals surface area contributed by atoms with E-state index < -0.39 is 5.97 Å². The molecule has 0 radical (unpaired) electrons. The Bertz CT molecular complexity index is 440. The van der Waals surface area contributed by atoms with Gasteiger partial charge >= 0.3 is 5.97 Å². The molecular weight excluding hydrogens is 248 g/mol. The first-order valence-electron chi connectivity index (χ1n) is 6.31. The molecule has 0 aliphatic carbocycles. The van der Waals surface area contributed by atoms with Crippen molar-refractivity contribution < 1.29 is 19.2 Å². The highest BCUT2D eigenvalue weighted by atomic mass is 16.5. The second-order valence-corrected chi connectivity index (χ2v) is 5.14. The minimum Gasteiger partial charge on any atom is -0.481 e. The fraction of sp³-hybridized carbons (Fsp3) is 0.615. The zero-order valence-electron chi connectivity index (χ0n) is 11.5. The molecule has 1 aromatic heterocycles. The number of carbonyl (C=O) groups excluding carboxylic acids is 1. The van der Waals surface area contributed by atoms with Gasteiger partial charge in [-0.15, -0.1) is 0 Å². The molecule has 0 aliphatic rings. The standard InChI is InChI=1S/C13H20N2O4/c1-8(2)4-10(6-12(16)17)7-14-13(18)11-5-9(3)15-19-11/h5,8,10H,4,6-7H2,1-3H3,(H,14,18)(H,16,17)/t10-/m0/s1. The van der Waals surface area contributed by atoms with Gasteiger partial charge in [0.2, 0.25) is 5.76 Å². The van der Waals surface area contributed by atoms with Gasteiger partial charge in [-0.2, -0.15) is 0 Å². The maximum Gasteiger partial charge on any atom is 0.303 e. The number of rotatable bonds is 7. The monoisotopic (exact) mass is 268 g/mol. The summed E-state index contributed by atoms with van der Waals surface area (Å²) in [5.41, 5.74) is 0.634. The van der Waals surface area contributed by atoms with Crippen molar-refractivity contribution in [3.05, 3.63) is 17.5 Å². The van der Waals surface area contributed by atoms with Gasteiger partial charge in [-0.1, -0.05) is 19.0 Å². The van der Waals surface area contributed by atoms with Crippen LogP contribution in [0.4, 0.5) is 0 Å². The van der Waals surface area contributed by atoms with E-state index in [0.29, 0.717) is 18.2 Å². The number of aliphatic carboxylic acids is 1. The summed E-state index contributed by atoms with van der Waals surface area (Å²) in [6.45, 7) is 6.10. The van der Waals surface area contributed by atoms with Crippen molar-refractivity contribution in [1.29, 1.82) is 0 Å². The minimum absolute atomic E-state index is 0.0495. The number of aryl methyl sites for hydroxylation is 1. The molecule has 0 aliphatic heterocycles. The average molecular weight is 268 g/mol. The molecule has 1 amide bonds. The summed E-state index contributed by atoms with van der Waals surface area (Å²) in [7, 11) is 0. The number of hydrogen-bond donors (Lipinski definition) is 2. The number of hydrogen-bond acceptors (Lipinski definition) is 4. The second kappa shape index (κ2) is 6.92. The third-order valence-corrected chi connectivity index (χ3v) is 2.67. The van der Waals surface area contributed by atoms with E-state index in [1.54, 1.807) is 13.0 Å². The smallest absolute Gasteiger partial charge is 0.303 e. The van der Waals surface area contributed by atoms with E-state index in [1.807, 2.05) is 13.8 Å². The second-order valence-electron chi connectivity index (χ2n) is 5.14. The van der Waals surface area contributed by atoms with E-state index >= 15 is 0 Å². The Kier molecular flexibility index (Phi) is 5.54. The normalized spacial score (nSPS) is 12.4. The quantitative estimate of drug-likeness (QED) is 0.787. The summed E-state index contributed by atoms with van der Waals surface area (Å²) < 4.78 is 4.84. The summed E-state index contributed by atoms with van der Waals surface area (Å²) in [6.07, 6.45) is 0.801. The molecule has 0 saturated carbocycles. The zero-order chi connectivity index (χ0) is 14.4. The fourth-order valence-corrected chi connectivity index (χ4v) is 1.95. The summed E-state index contributed by atoms with van der Waals surface area (Å²) in [6, 6.07) is 1.55. The van der Waals surface area contributed by atoms with Crippen molar-refractivity contribution in [3.8, 4) is 0 Å². The Hall–Kier alpha value is -1.85. The average Bonchev–Trinajstić information content (AvgIpc) is 2.71. The van der Waals surface area contributed by atoms with Crippen LogP contribution in [-0.4, -0.2) is 28.7 Å². The van der Waals surface area contributed by atoms with Crippen LogP contribution in [0.25, 0.3) is 0 Å². The molecule has 2 N–H and O–H groups in total. The van der Waals surface area contributed by atoms with Gasteiger partial charge in [-0.25, -0.2) is 0 Å². The first kappa shape index (κ1) is 15.2. The molecule has 19 heavy (non-hydrogen) atoms. The van der Waals surface area contributed by atoms with E-state index in [9.17, 15) is 9.59 Å². The van der Waals surface area contributed by atoms with Crippen molar-refractivity contribution in [3.63, 3.8) is 0 Å². The van der Waals surface area contributed by atoms with Gasteiger partial charge in [0.05, 0.1) is 5.69 Å². The molecule has 0 unspecified atom stereocenters. The van der Waals surface area contributed by atoms with E-state index in [2.05, 4.69) is 10.5 Å². The van der Waals surface area contributed by atoms with Crippen LogP contribution in [0.2, 0.25) is 0 Å². The number of nitrogens with zero attached hydrogens (tertiary/aromatic N) is 1. The lowest BCUT2D eigenvalue weighted by atomic mass is 9.94. The van der Waals surface area contributed by atoms with Crippen molar-refractivity contribution in [2.75, 3.05) is 6.54 Å². The zero-order valence-corrected chi connectivity index (χ0v) is 11.5. The lowest BCUT2D eigenvalue weighted by molar-refractivity contribution is -0.138. The van der Waals surface area contributed by atoms with Crippen LogP contribution in [0.5, 0.6) is 0 Å². The van der Waals surface area contributed by atoms with E-state index in [1.165, 1.54) is 0 Å². The van der Waals surface area contributed by atoms with Crippen molar-refractivity contribution >= 4 is 11.9 Å². The minimum atomic E-state index is -0.851. The summed E-state index contributed by atoms with van der Waals surface area (Å²) in [5.74, 6) is -0.759. The number of carbonyl (C=O) groups is 2. The third kappa shape index (κ3) is 5.54. The van der Waals surface area contributed by atoms with Crippen LogP contribution in [0.3, 0.4) is 0 Å². The molecule has 0 bridgehead atoms. The molecule has 0 saturated heterocycles. The fourth-order valence-electron chi connectivity index (χ4n) is 1.95. The van der Waals surface area contributed by atoms with E-state index in [4.69, 9.17) is 9.63 Å². The number of nitrogens with one attached hydrogen (secondary N) is 1. The summed E-state index contributed by atoms with van der Waals surface area (Å²) in [4.78, 5) is 22.5. The molecular formula is C13H20N2O4. The van der Waals surface area contributed by atoms with Crippen LogP contribution < -0.4 is 5.32 Å². The molecule has 1 atom stereocenters. The van der Waals surface area contributed by atoms with Gasteiger partial charge in [0.15, 0.2) is 0 Å². The molecule has 0 aromatic carbocycles. The van der Waals surface area contributed by atoms with Gasteiger partial charge in [-0.3, -0.25) is 9.59 Å². The Morgan fingerprint density at radius 3 is 2.63 bits per heavy atom. The van der Waals surface area contributed by atoms with Crippen LogP contribution in [0, 0.1) is 18.8 Å². The topological polar surface area (TPSA) is 92.4 Å². The maximum absolute atomic E-state index is 11.7. The highest BCUT2D eigenvalue weighted by Crippen LogP contribution is 2.15. The Balaban J connectivity index is 2.50. The van der Waals surface area contributed by atoms with Gasteiger partial charge in [0, 0.05) is 19.0 Å². The van der Waals surface area contributed by atoms with Gasteiger partial charge < -0.3 is 14.9 Å². The number of aromatic nitrogens is 1. The van der Waals surface area contributed by atoms with Crippen molar-refractivity contribution in [1.82, 2.24) is 10.5 Å². The van der Waals surface area contributed by atoms with Crippen LogP contribution in [0.1, 0.15) is 42.9 Å². The van der Waals surface area contributed by atoms with Crippen molar-refractivity contribution in [2.24, 2.45) is 11.8 Å². The van der Waals surface area contributed by atoms with Crippen molar-refractivity contribution in [2.45, 2.75) is 33.6 Å². The number of amides is 1. The Labute approximate surface area is 112 Å². The molecule has 6 heteroatoms. The molecule has 0 fully saturated rings. The number of carboxylic acids is 1. The predicted octanol–water partition coefficient (Wildman–Crippen LogP) is 1.85. The predicted molar refractivity (Wildman–Crippen MR) is 68.8 cm³/mol. The van der Waals surface area contributed by atoms with Gasteiger partial charge in [0.1, 0.15) is 0 Å². The van der Waals surface area contributed by atoms with Gasteiger partial charge in [-0.05, 0) is 25.2 Å². The van der Waals surface area contributed by atoms with Crippen LogP contribution in [-0.2, 0) is 4.79 Å². The Morgan fingerprint density at radius 2 is 2.16 bits per heavy atom. The van der Waals surface area contributed by atoms with E-state index in [-0.39, 0.29) is 24.0 Å². The molecule has 1 aromatic rings. The highest BCUT2D eigenvalue weighted by molar-refractivity contribution is 5.91. The lowest BCUT2D eigenvalue weighted by Gasteiger charge is -2.17.